The number of benzene rings is 1. The third kappa shape index (κ3) is 8.27. The highest BCUT2D eigenvalue weighted by Crippen LogP contribution is 2.72. The van der Waals surface area contributed by atoms with Crippen molar-refractivity contribution in [2.45, 2.75) is 97.6 Å². The molecular weight excluding hydrogens is 775 g/mol. The number of aromatic nitrogens is 3. The summed E-state index contributed by atoms with van der Waals surface area (Å²) in [5.41, 5.74) is 11.9. The van der Waals surface area contributed by atoms with Gasteiger partial charge in [-0.1, -0.05) is 37.3 Å². The molecular formula is C46H64N9O4S+. The molecule has 4 heterocycles. The first-order valence-electron chi connectivity index (χ1n) is 21.5. The molecule has 1 aromatic carbocycles. The Hall–Kier alpha value is -4.50. The maximum absolute atomic E-state index is 10.7. The highest BCUT2D eigenvalue weighted by atomic mass is 32.1. The predicted molar refractivity (Wildman–Crippen MR) is 239 cm³/mol. The molecule has 5 fully saturated rings. The molecule has 2 aliphatic heterocycles. The second-order valence-electron chi connectivity index (χ2n) is 19.9. The van der Waals surface area contributed by atoms with Crippen molar-refractivity contribution in [2.24, 2.45) is 27.0 Å². The number of likely N-dealkylation sites (tertiary alicyclic amines) is 1. The Labute approximate surface area is 358 Å². The van der Waals surface area contributed by atoms with Crippen LogP contribution in [0.3, 0.4) is 0 Å². The lowest BCUT2D eigenvalue weighted by Crippen LogP contribution is -2.64. The molecule has 322 valence electrons. The molecule has 4 bridgehead atoms. The van der Waals surface area contributed by atoms with Crippen LogP contribution in [0, 0.1) is 28.6 Å². The van der Waals surface area contributed by atoms with Crippen LogP contribution in [0.4, 0.5) is 5.13 Å². The molecule has 14 heteroatoms. The van der Waals surface area contributed by atoms with E-state index in [9.17, 15) is 15.6 Å². The number of fused-ring (bicyclic) bond motifs is 1. The monoisotopic (exact) mass is 838 g/mol. The van der Waals surface area contributed by atoms with Crippen molar-refractivity contribution in [2.75, 3.05) is 54.1 Å². The minimum absolute atomic E-state index is 0.0552. The van der Waals surface area contributed by atoms with Gasteiger partial charge in [0.1, 0.15) is 29.7 Å². The number of nitrogens with zero attached hydrogens (tertiary/aromatic N) is 6. The van der Waals surface area contributed by atoms with Gasteiger partial charge >= 0.3 is 0 Å². The number of aliphatic hydroxyl groups excluding tert-OH is 1. The number of para-hydroxylation sites is 1. The Balaban J connectivity index is 1.01. The van der Waals surface area contributed by atoms with Crippen LogP contribution in [0.5, 0.6) is 0 Å². The predicted octanol–water partition coefficient (Wildman–Crippen LogP) is 8.24. The van der Waals surface area contributed by atoms with Crippen LogP contribution in [0.1, 0.15) is 89.8 Å². The molecule has 0 radical (unpaired) electrons. The molecule has 13 nitrogen and oxygen atoms in total. The van der Waals surface area contributed by atoms with E-state index in [1.165, 1.54) is 17.8 Å². The van der Waals surface area contributed by atoms with Gasteiger partial charge in [0.2, 0.25) is 5.13 Å². The quantitative estimate of drug-likeness (QED) is 0.0353. The smallest absolute Gasteiger partial charge is 0.299 e. The Morgan fingerprint density at radius 3 is 2.52 bits per heavy atom. The molecule has 1 saturated heterocycles. The van der Waals surface area contributed by atoms with E-state index in [4.69, 9.17) is 20.3 Å². The summed E-state index contributed by atoms with van der Waals surface area (Å²) in [6.07, 6.45) is 15.0. The summed E-state index contributed by atoms with van der Waals surface area (Å²) in [6, 6.07) is 7.89. The molecule has 4 atom stereocenters. The van der Waals surface area contributed by atoms with Gasteiger partial charge in [0.15, 0.2) is 0 Å². The topological polar surface area (TPSA) is 167 Å². The fourth-order valence-electron chi connectivity index (χ4n) is 12.3. The number of dihydropyridines is 1. The largest absolute Gasteiger partial charge is 0.480 e. The van der Waals surface area contributed by atoms with E-state index in [1.54, 1.807) is 7.11 Å². The van der Waals surface area contributed by atoms with Crippen LogP contribution < -0.4 is 11.1 Å². The third-order valence-corrected chi connectivity index (χ3v) is 14.8. The molecule has 6 aliphatic rings. The number of nitrogens with two attached hydrogens (primary N) is 1. The van der Waals surface area contributed by atoms with E-state index in [-0.39, 0.29) is 27.5 Å². The highest BCUT2D eigenvalue weighted by molar-refractivity contribution is 7.22. The molecule has 60 heavy (non-hydrogen) atoms. The van der Waals surface area contributed by atoms with E-state index >= 15 is 0 Å². The molecule has 9 rings (SSSR count). The lowest BCUT2D eigenvalue weighted by molar-refractivity contribution is -0.891. The number of thiazole rings is 1. The lowest BCUT2D eigenvalue weighted by atomic mass is 9.39. The van der Waals surface area contributed by atoms with Crippen molar-refractivity contribution in [3.63, 3.8) is 0 Å². The van der Waals surface area contributed by atoms with Crippen LogP contribution >= 0.6 is 11.3 Å². The van der Waals surface area contributed by atoms with Gasteiger partial charge in [0, 0.05) is 49.0 Å². The lowest BCUT2D eigenvalue weighted by Gasteiger charge is -2.69. The second-order valence-corrected chi connectivity index (χ2v) is 20.9. The number of allylic oxidation sites excluding steroid dienone is 3. The Morgan fingerprint density at radius 2 is 1.80 bits per heavy atom. The minimum atomic E-state index is -0.816. The summed E-state index contributed by atoms with van der Waals surface area (Å²) >= 11 is 1.48. The molecule has 4 saturated carbocycles. The van der Waals surface area contributed by atoms with Gasteiger partial charge < -0.3 is 40.1 Å². The summed E-state index contributed by atoms with van der Waals surface area (Å²) in [4.78, 5) is 11.1. The fraction of sp³-hybridized carbons (Fsp3) is 0.565. The zero-order valence-electron chi connectivity index (χ0n) is 36.5. The first-order chi connectivity index (χ1) is 28.4. The third-order valence-electron chi connectivity index (χ3n) is 13.9. The van der Waals surface area contributed by atoms with Gasteiger partial charge in [0.25, 0.3) is 5.95 Å². The molecule has 0 amide bonds. The maximum atomic E-state index is 10.7. The van der Waals surface area contributed by atoms with Gasteiger partial charge in [0.05, 0.1) is 55.9 Å². The molecule has 3 aromatic rings. The summed E-state index contributed by atoms with van der Waals surface area (Å²) in [5, 5.41) is 39.5. The summed E-state index contributed by atoms with van der Waals surface area (Å²) in [7, 11) is 6.35. The van der Waals surface area contributed by atoms with E-state index in [0.717, 1.165) is 115 Å². The Bertz CT molecular complexity index is 2280. The number of amidine groups is 2. The normalized spacial score (nSPS) is 28.9. The number of aliphatic hydroxyl groups is 2. The van der Waals surface area contributed by atoms with Crippen LogP contribution in [-0.4, -0.2) is 106 Å². The van der Waals surface area contributed by atoms with Crippen LogP contribution in [0.15, 0.2) is 76.2 Å². The van der Waals surface area contributed by atoms with E-state index in [2.05, 4.69) is 54.8 Å². The number of piperidine rings is 1. The number of methoxy groups -OCH3 is 1. The summed E-state index contributed by atoms with van der Waals surface area (Å²) in [5.74, 6) is 0.385. The van der Waals surface area contributed by atoms with Crippen molar-refractivity contribution in [3.05, 3.63) is 82.5 Å². The molecule has 2 aromatic heterocycles. The maximum Gasteiger partial charge on any atom is 0.299 e. The van der Waals surface area contributed by atoms with E-state index < -0.39 is 5.95 Å². The molecule has 2 unspecified atom stereocenters. The van der Waals surface area contributed by atoms with Crippen molar-refractivity contribution in [1.82, 2.24) is 25.0 Å². The summed E-state index contributed by atoms with van der Waals surface area (Å²) in [6.45, 7) is 13.9. The molecule has 6 N–H and O–H groups in total. The number of ether oxygens (including phenoxy) is 2. The zero-order valence-corrected chi connectivity index (χ0v) is 37.3. The second kappa shape index (κ2) is 15.8. The van der Waals surface area contributed by atoms with E-state index in [1.807, 2.05) is 54.4 Å². The number of rotatable bonds is 14. The van der Waals surface area contributed by atoms with Gasteiger partial charge in [-0.05, 0) is 111 Å². The Morgan fingerprint density at radius 1 is 1.05 bits per heavy atom. The number of hydrogen-bond acceptors (Lipinski definition) is 10. The van der Waals surface area contributed by atoms with Gasteiger partial charge in [-0.2, -0.15) is 5.10 Å². The van der Waals surface area contributed by atoms with Crippen LogP contribution in [0.2, 0.25) is 0 Å². The standard InChI is InChI=1S/C46H63N9O4S/c1-30(39(47)52-42-50-35-13-8-9-14-36(35)60-42)32-12-10-17-53(40(32)48)37-16-15-33(38(51-37)41(56)57)34-22-49-54(31(34)2)29-45-24-43(3)23-44(4,25-45)27-46(26-43,28-45)59-21-19-55(5,6)18-11-20-58-7/h8-9,13-16,22H,10-12,17-21,23-29H2,1-7H3,(H5-,47,48,50,51,52,56,57)/p+1/t43-,44+,45?,46?. The van der Waals surface area contributed by atoms with Crippen molar-refractivity contribution in [1.29, 1.82) is 5.41 Å². The Kier molecular flexibility index (Phi) is 11.1. The average molecular weight is 839 g/mol. The van der Waals surface area contributed by atoms with Crippen LogP contribution in [0.25, 0.3) is 15.8 Å². The van der Waals surface area contributed by atoms with Crippen molar-refractivity contribution >= 4 is 43.9 Å². The first kappa shape index (κ1) is 42.2. The highest BCUT2D eigenvalue weighted by Gasteiger charge is 2.66. The SMILES string of the molecule is COCCC[N+](C)(C)CCOC12CC3(Cn4ncc(C5=CC=C(N6CCC/C(=C(C)/C(N)=N\c7nc8ccccc8s7)C6=N)NC5=C(O)O)c4C)C[C@@](C)(C1)C[C@](C)(C3)C2. The van der Waals surface area contributed by atoms with Gasteiger partial charge in [-0.15, -0.1) is 0 Å². The number of quaternary nitrogens is 1. The average Bonchev–Trinajstić information content (AvgIpc) is 3.74. The van der Waals surface area contributed by atoms with Gasteiger partial charge in [-0.25, -0.2) is 9.98 Å². The van der Waals surface area contributed by atoms with Crippen molar-refractivity contribution in [3.8, 4) is 0 Å². The van der Waals surface area contributed by atoms with Crippen LogP contribution in [-0.2, 0) is 16.0 Å². The van der Waals surface area contributed by atoms with E-state index in [0.29, 0.717) is 41.2 Å². The number of nitrogens with one attached hydrogen (secondary N) is 2. The van der Waals surface area contributed by atoms with Gasteiger partial charge in [-0.3, -0.25) is 10.1 Å². The number of aliphatic imine (C=N–C) groups is 1. The number of hydrogen-bond donors (Lipinski definition) is 5. The number of likely N-dealkylation sites (N-methyl/N-ethyl adjacent to an activating group) is 1. The zero-order chi connectivity index (χ0) is 42.7. The summed E-state index contributed by atoms with van der Waals surface area (Å²) < 4.78 is 16.5. The minimum Gasteiger partial charge on any atom is -0.480 e. The fourth-order valence-corrected chi connectivity index (χ4v) is 13.1. The molecule has 0 spiro atoms. The molecule has 4 aliphatic carbocycles. The first-order valence-corrected chi connectivity index (χ1v) is 22.3. The van der Waals surface area contributed by atoms with Crippen molar-refractivity contribution < 1.29 is 24.2 Å².